The molecule has 0 aromatic heterocycles. The molecule has 0 bridgehead atoms. The van der Waals surface area contributed by atoms with Gasteiger partial charge in [0.05, 0.1) is 12.7 Å². The molecular weight excluding hydrogens is 264 g/mol. The molecule has 21 heavy (non-hydrogen) atoms. The second-order valence-corrected chi connectivity index (χ2v) is 7.74. The van der Waals surface area contributed by atoms with Crippen molar-refractivity contribution < 1.29 is 14.3 Å². The lowest BCUT2D eigenvalue weighted by Gasteiger charge is -2.33. The Morgan fingerprint density at radius 1 is 1.00 bits per heavy atom. The minimum absolute atomic E-state index is 0.257. The third-order valence-corrected chi connectivity index (χ3v) is 4.50. The van der Waals surface area contributed by atoms with Crippen LogP contribution in [0.4, 0.5) is 0 Å². The molecule has 0 radical (unpaired) electrons. The van der Waals surface area contributed by atoms with Gasteiger partial charge in [0.1, 0.15) is 11.6 Å². The zero-order valence-corrected chi connectivity index (χ0v) is 14.5. The van der Waals surface area contributed by atoms with Gasteiger partial charge in [-0.05, 0) is 19.3 Å². The van der Waals surface area contributed by atoms with E-state index >= 15 is 0 Å². The number of rotatable bonds is 11. The predicted molar refractivity (Wildman–Crippen MR) is 85.3 cm³/mol. The van der Waals surface area contributed by atoms with Gasteiger partial charge in [0.15, 0.2) is 0 Å². The summed E-state index contributed by atoms with van der Waals surface area (Å²) in [5.74, 6) is 0.551. The summed E-state index contributed by atoms with van der Waals surface area (Å²) in [7, 11) is 0. The monoisotopic (exact) mass is 296 g/mol. The van der Waals surface area contributed by atoms with Gasteiger partial charge in [0.2, 0.25) is 0 Å². The minimum Gasteiger partial charge on any atom is -0.373 e. The summed E-state index contributed by atoms with van der Waals surface area (Å²) in [5.41, 5.74) is -0.845. The maximum atomic E-state index is 12.4. The standard InChI is InChI=1S/C18H32O3/c1-6-7-8-9-15(19)17(2,3)13-18(4,5)16(20)11-10-14-12-21-14/h14H,6-13H2,1-5H3. The van der Waals surface area contributed by atoms with Crippen molar-refractivity contribution in [3.05, 3.63) is 0 Å². The largest absolute Gasteiger partial charge is 0.373 e. The number of ketones is 2. The van der Waals surface area contributed by atoms with Crippen LogP contribution in [-0.2, 0) is 14.3 Å². The van der Waals surface area contributed by atoms with Gasteiger partial charge in [-0.25, -0.2) is 0 Å². The molecule has 1 aliphatic rings. The minimum atomic E-state index is -0.432. The molecule has 1 saturated heterocycles. The average Bonchev–Trinajstić information content (AvgIpc) is 3.18. The Morgan fingerprint density at radius 3 is 2.00 bits per heavy atom. The lowest BCUT2D eigenvalue weighted by Crippen LogP contribution is -2.35. The molecule has 3 heteroatoms. The summed E-state index contributed by atoms with van der Waals surface area (Å²) in [5, 5.41) is 0. The van der Waals surface area contributed by atoms with Crippen LogP contribution in [-0.4, -0.2) is 24.3 Å². The van der Waals surface area contributed by atoms with E-state index in [1.165, 1.54) is 0 Å². The van der Waals surface area contributed by atoms with Crippen LogP contribution in [0, 0.1) is 10.8 Å². The van der Waals surface area contributed by atoms with E-state index in [9.17, 15) is 9.59 Å². The van der Waals surface area contributed by atoms with E-state index < -0.39 is 10.8 Å². The molecule has 0 amide bonds. The Labute approximate surface area is 129 Å². The van der Waals surface area contributed by atoms with Crippen molar-refractivity contribution >= 4 is 11.6 Å². The second kappa shape index (κ2) is 7.53. The summed E-state index contributed by atoms with van der Waals surface area (Å²) in [4.78, 5) is 24.8. The molecule has 0 aromatic rings. The van der Waals surface area contributed by atoms with Gasteiger partial charge in [0.25, 0.3) is 0 Å². The van der Waals surface area contributed by atoms with Crippen LogP contribution in [0.5, 0.6) is 0 Å². The van der Waals surface area contributed by atoms with Gasteiger partial charge in [-0.2, -0.15) is 0 Å². The van der Waals surface area contributed by atoms with Gasteiger partial charge in [-0.1, -0.05) is 47.5 Å². The molecule has 1 aliphatic heterocycles. The number of Topliss-reactive ketones (excluding diaryl/α,β-unsaturated/α-hetero) is 2. The Morgan fingerprint density at radius 2 is 1.52 bits per heavy atom. The third kappa shape index (κ3) is 6.29. The van der Waals surface area contributed by atoms with Gasteiger partial charge in [0, 0.05) is 23.7 Å². The van der Waals surface area contributed by atoms with Gasteiger partial charge >= 0.3 is 0 Å². The Bertz CT molecular complexity index is 365. The van der Waals surface area contributed by atoms with E-state index in [2.05, 4.69) is 6.92 Å². The van der Waals surface area contributed by atoms with Gasteiger partial charge in [-0.15, -0.1) is 0 Å². The van der Waals surface area contributed by atoms with Crippen molar-refractivity contribution in [3.8, 4) is 0 Å². The first-order chi connectivity index (χ1) is 9.69. The highest BCUT2D eigenvalue weighted by Crippen LogP contribution is 2.37. The van der Waals surface area contributed by atoms with Crippen molar-refractivity contribution in [1.29, 1.82) is 0 Å². The van der Waals surface area contributed by atoms with Crippen LogP contribution in [0.3, 0.4) is 0 Å². The maximum absolute atomic E-state index is 12.4. The van der Waals surface area contributed by atoms with Gasteiger partial charge < -0.3 is 4.74 Å². The van der Waals surface area contributed by atoms with Crippen LogP contribution in [0.15, 0.2) is 0 Å². The first-order valence-corrected chi connectivity index (χ1v) is 8.37. The molecule has 0 aromatic carbocycles. The van der Waals surface area contributed by atoms with E-state index in [1.54, 1.807) is 0 Å². The van der Waals surface area contributed by atoms with E-state index in [0.29, 0.717) is 31.1 Å². The predicted octanol–water partition coefficient (Wildman–Crippen LogP) is 4.33. The van der Waals surface area contributed by atoms with Crippen LogP contribution in [0.1, 0.15) is 79.6 Å². The van der Waals surface area contributed by atoms with E-state index in [1.807, 2.05) is 27.7 Å². The molecule has 1 atom stereocenters. The van der Waals surface area contributed by atoms with E-state index in [-0.39, 0.29) is 5.78 Å². The van der Waals surface area contributed by atoms with Crippen LogP contribution in [0.2, 0.25) is 0 Å². The lowest BCUT2D eigenvalue weighted by molar-refractivity contribution is -0.133. The molecular formula is C18H32O3. The smallest absolute Gasteiger partial charge is 0.138 e. The Hall–Kier alpha value is -0.700. The Kier molecular flexibility index (Phi) is 6.58. The highest BCUT2D eigenvalue weighted by Gasteiger charge is 2.38. The van der Waals surface area contributed by atoms with Crippen molar-refractivity contribution in [2.45, 2.75) is 85.7 Å². The number of hydrogen-bond acceptors (Lipinski definition) is 3. The topological polar surface area (TPSA) is 46.7 Å². The number of hydrogen-bond donors (Lipinski definition) is 0. The van der Waals surface area contributed by atoms with Crippen molar-refractivity contribution in [2.75, 3.05) is 6.61 Å². The van der Waals surface area contributed by atoms with Crippen molar-refractivity contribution in [1.82, 2.24) is 0 Å². The molecule has 0 N–H and O–H groups in total. The second-order valence-electron chi connectivity index (χ2n) is 7.74. The number of carbonyl (C=O) groups excluding carboxylic acids is 2. The fraction of sp³-hybridized carbons (Fsp3) is 0.889. The van der Waals surface area contributed by atoms with Crippen LogP contribution >= 0.6 is 0 Å². The molecule has 1 unspecified atom stereocenters. The SMILES string of the molecule is CCCCCC(=O)C(C)(C)CC(C)(C)C(=O)CCC1CO1. The van der Waals surface area contributed by atoms with Crippen LogP contribution in [0.25, 0.3) is 0 Å². The zero-order valence-electron chi connectivity index (χ0n) is 14.5. The molecule has 0 saturated carbocycles. The number of unbranched alkanes of at least 4 members (excludes halogenated alkanes) is 2. The number of ether oxygens (including phenoxy) is 1. The van der Waals surface area contributed by atoms with Crippen molar-refractivity contribution in [3.63, 3.8) is 0 Å². The molecule has 0 aliphatic carbocycles. The van der Waals surface area contributed by atoms with Crippen molar-refractivity contribution in [2.24, 2.45) is 10.8 Å². The van der Waals surface area contributed by atoms with Crippen LogP contribution < -0.4 is 0 Å². The fourth-order valence-electron chi connectivity index (χ4n) is 3.04. The highest BCUT2D eigenvalue weighted by molar-refractivity contribution is 5.87. The maximum Gasteiger partial charge on any atom is 0.138 e. The first-order valence-electron chi connectivity index (χ1n) is 8.37. The average molecular weight is 296 g/mol. The number of epoxide rings is 1. The zero-order chi connectivity index (χ0) is 16.1. The first kappa shape index (κ1) is 18.3. The summed E-state index contributed by atoms with van der Waals surface area (Å²) in [6, 6.07) is 0. The summed E-state index contributed by atoms with van der Waals surface area (Å²) in [6.07, 6.45) is 6.16. The molecule has 1 fully saturated rings. The molecule has 1 rings (SSSR count). The summed E-state index contributed by atoms with van der Waals surface area (Å²) < 4.78 is 5.16. The number of carbonyl (C=O) groups is 2. The quantitative estimate of drug-likeness (QED) is 0.421. The lowest BCUT2D eigenvalue weighted by atomic mass is 9.69. The van der Waals surface area contributed by atoms with E-state index in [4.69, 9.17) is 4.74 Å². The van der Waals surface area contributed by atoms with E-state index in [0.717, 1.165) is 32.3 Å². The molecule has 1 heterocycles. The summed E-state index contributed by atoms with van der Waals surface area (Å²) in [6.45, 7) is 10.9. The molecule has 3 nitrogen and oxygen atoms in total. The summed E-state index contributed by atoms with van der Waals surface area (Å²) >= 11 is 0. The molecule has 0 spiro atoms. The Balaban J connectivity index is 2.48. The molecule has 122 valence electrons. The highest BCUT2D eigenvalue weighted by atomic mass is 16.6. The third-order valence-electron chi connectivity index (χ3n) is 4.50. The normalized spacial score (nSPS) is 18.6. The van der Waals surface area contributed by atoms with Gasteiger partial charge in [-0.3, -0.25) is 9.59 Å². The fourth-order valence-corrected chi connectivity index (χ4v) is 3.04.